The molecule has 3 rings (SSSR count). The molecule has 0 spiro atoms. The molecule has 0 radical (unpaired) electrons. The van der Waals surface area contributed by atoms with Crippen LogP contribution in [0.5, 0.6) is 0 Å². The zero-order valence-electron chi connectivity index (χ0n) is 15.3. The van der Waals surface area contributed by atoms with Gasteiger partial charge in [0.2, 0.25) is 5.91 Å². The van der Waals surface area contributed by atoms with E-state index >= 15 is 0 Å². The number of anilines is 1. The molecule has 1 aromatic carbocycles. The molecule has 0 saturated carbocycles. The molecular formula is C20H25N5O. The molecule has 1 fully saturated rings. The molecule has 26 heavy (non-hydrogen) atoms. The first kappa shape index (κ1) is 17.9. The molecule has 1 amide bonds. The fourth-order valence-corrected chi connectivity index (χ4v) is 2.99. The van der Waals surface area contributed by atoms with Crippen molar-refractivity contribution in [3.05, 3.63) is 59.4 Å². The summed E-state index contributed by atoms with van der Waals surface area (Å²) in [6.45, 7) is 4.09. The summed E-state index contributed by atoms with van der Waals surface area (Å²) in [5.41, 5.74) is 4.10. The maximum Gasteiger partial charge on any atom is 0.227 e. The fraction of sp³-hybridized carbons (Fsp3) is 0.350. The van der Waals surface area contributed by atoms with Crippen LogP contribution in [0.25, 0.3) is 0 Å². The second kappa shape index (κ2) is 8.47. The fourth-order valence-electron chi connectivity index (χ4n) is 2.99. The third kappa shape index (κ3) is 4.59. The van der Waals surface area contributed by atoms with Gasteiger partial charge < -0.3 is 15.5 Å². The summed E-state index contributed by atoms with van der Waals surface area (Å²) < 4.78 is 0. The van der Waals surface area contributed by atoms with Crippen LogP contribution in [0.3, 0.4) is 0 Å². The van der Waals surface area contributed by atoms with Crippen LogP contribution < -0.4 is 15.5 Å². The van der Waals surface area contributed by atoms with Gasteiger partial charge >= 0.3 is 0 Å². The molecule has 2 N–H and O–H groups in total. The van der Waals surface area contributed by atoms with Crippen LogP contribution >= 0.6 is 0 Å². The lowest BCUT2D eigenvalue weighted by atomic mass is 10.2. The summed E-state index contributed by atoms with van der Waals surface area (Å²) in [4.78, 5) is 22.4. The van der Waals surface area contributed by atoms with Crippen LogP contribution in [0.15, 0.2) is 47.5 Å². The van der Waals surface area contributed by atoms with Gasteiger partial charge in [-0.3, -0.25) is 14.8 Å². The van der Waals surface area contributed by atoms with Crippen molar-refractivity contribution in [2.45, 2.75) is 32.9 Å². The highest BCUT2D eigenvalue weighted by Crippen LogP contribution is 2.21. The Hall–Kier alpha value is -2.89. The minimum atomic E-state index is 0.213. The second-order valence-corrected chi connectivity index (χ2v) is 6.37. The van der Waals surface area contributed by atoms with E-state index in [0.29, 0.717) is 19.5 Å². The van der Waals surface area contributed by atoms with E-state index in [4.69, 9.17) is 0 Å². The summed E-state index contributed by atoms with van der Waals surface area (Å²) in [5.74, 6) is 0.942. The quantitative estimate of drug-likeness (QED) is 0.641. The van der Waals surface area contributed by atoms with Crippen LogP contribution in [0, 0.1) is 6.92 Å². The minimum absolute atomic E-state index is 0.213. The van der Waals surface area contributed by atoms with Gasteiger partial charge in [0.05, 0.1) is 12.2 Å². The number of guanidine groups is 1. The molecule has 6 heteroatoms. The first-order valence-electron chi connectivity index (χ1n) is 8.92. The molecule has 6 nitrogen and oxygen atoms in total. The zero-order valence-corrected chi connectivity index (χ0v) is 15.3. The van der Waals surface area contributed by atoms with E-state index in [9.17, 15) is 4.79 Å². The maximum atomic E-state index is 11.8. The molecule has 0 bridgehead atoms. The molecule has 1 saturated heterocycles. The highest BCUT2D eigenvalue weighted by atomic mass is 16.2. The van der Waals surface area contributed by atoms with E-state index < -0.39 is 0 Å². The Morgan fingerprint density at radius 1 is 1.15 bits per heavy atom. The lowest BCUT2D eigenvalue weighted by molar-refractivity contribution is -0.117. The van der Waals surface area contributed by atoms with E-state index in [1.807, 2.05) is 54.3 Å². The number of aromatic nitrogens is 1. The lowest BCUT2D eigenvalue weighted by Gasteiger charge is -2.16. The Kier molecular flexibility index (Phi) is 5.84. The van der Waals surface area contributed by atoms with Gasteiger partial charge in [-0.15, -0.1) is 0 Å². The highest BCUT2D eigenvalue weighted by molar-refractivity contribution is 5.95. The SMILES string of the molecule is CN=C(NCc1ccc(N2CCCC2=O)cc1)NCc1cccc(C)n1. The largest absolute Gasteiger partial charge is 0.352 e. The number of hydrogen-bond acceptors (Lipinski definition) is 3. The summed E-state index contributed by atoms with van der Waals surface area (Å²) in [7, 11) is 1.75. The smallest absolute Gasteiger partial charge is 0.227 e. The number of nitrogens with one attached hydrogen (secondary N) is 2. The molecular weight excluding hydrogens is 326 g/mol. The number of aliphatic imine (C=N–C) groups is 1. The van der Waals surface area contributed by atoms with Crippen molar-refractivity contribution in [2.24, 2.45) is 4.99 Å². The number of carbonyl (C=O) groups is 1. The molecule has 136 valence electrons. The Morgan fingerprint density at radius 3 is 2.58 bits per heavy atom. The molecule has 2 heterocycles. The summed E-state index contributed by atoms with van der Waals surface area (Å²) >= 11 is 0. The zero-order chi connectivity index (χ0) is 18.4. The molecule has 0 unspecified atom stereocenters. The first-order chi connectivity index (χ1) is 12.7. The Morgan fingerprint density at radius 2 is 1.92 bits per heavy atom. The number of rotatable bonds is 5. The number of benzene rings is 1. The summed E-state index contributed by atoms with van der Waals surface area (Å²) in [6, 6.07) is 14.1. The number of nitrogens with zero attached hydrogens (tertiary/aromatic N) is 3. The maximum absolute atomic E-state index is 11.8. The number of aryl methyl sites for hydroxylation is 1. The van der Waals surface area contributed by atoms with Crippen molar-refractivity contribution < 1.29 is 4.79 Å². The first-order valence-corrected chi connectivity index (χ1v) is 8.92. The van der Waals surface area contributed by atoms with Crippen molar-refractivity contribution >= 4 is 17.6 Å². The molecule has 1 aliphatic heterocycles. The predicted molar refractivity (Wildman–Crippen MR) is 104 cm³/mol. The molecule has 2 aromatic rings. The number of amides is 1. The van der Waals surface area contributed by atoms with Gasteiger partial charge in [0.1, 0.15) is 0 Å². The van der Waals surface area contributed by atoms with Gasteiger partial charge in [-0.25, -0.2) is 0 Å². The topological polar surface area (TPSA) is 69.6 Å². The van der Waals surface area contributed by atoms with Gasteiger partial charge in [-0.2, -0.15) is 0 Å². The van der Waals surface area contributed by atoms with Crippen LogP contribution in [0.4, 0.5) is 5.69 Å². The predicted octanol–water partition coefficient (Wildman–Crippen LogP) is 2.38. The van der Waals surface area contributed by atoms with Crippen molar-refractivity contribution in [3.63, 3.8) is 0 Å². The van der Waals surface area contributed by atoms with Crippen molar-refractivity contribution in [3.8, 4) is 0 Å². The van der Waals surface area contributed by atoms with E-state index in [2.05, 4.69) is 20.6 Å². The van der Waals surface area contributed by atoms with Crippen LogP contribution in [0.1, 0.15) is 29.8 Å². The average Bonchev–Trinajstić information content (AvgIpc) is 3.08. The van der Waals surface area contributed by atoms with E-state index in [1.54, 1.807) is 7.05 Å². The normalized spacial score (nSPS) is 14.6. The van der Waals surface area contributed by atoms with Gasteiger partial charge in [0.25, 0.3) is 0 Å². The van der Waals surface area contributed by atoms with Gasteiger partial charge in [-0.1, -0.05) is 18.2 Å². The third-order valence-electron chi connectivity index (χ3n) is 4.39. The lowest BCUT2D eigenvalue weighted by Crippen LogP contribution is -2.36. The Labute approximate surface area is 154 Å². The minimum Gasteiger partial charge on any atom is -0.352 e. The Balaban J connectivity index is 1.51. The molecule has 1 aliphatic rings. The van der Waals surface area contributed by atoms with Crippen molar-refractivity contribution in [1.82, 2.24) is 15.6 Å². The number of pyridine rings is 1. The van der Waals surface area contributed by atoms with Gasteiger partial charge in [-0.05, 0) is 43.2 Å². The third-order valence-corrected chi connectivity index (χ3v) is 4.39. The van der Waals surface area contributed by atoms with Gasteiger partial charge in [0.15, 0.2) is 5.96 Å². The molecule has 0 atom stereocenters. The second-order valence-electron chi connectivity index (χ2n) is 6.37. The van der Waals surface area contributed by atoms with Crippen LogP contribution in [-0.2, 0) is 17.9 Å². The highest BCUT2D eigenvalue weighted by Gasteiger charge is 2.21. The van der Waals surface area contributed by atoms with Crippen molar-refractivity contribution in [2.75, 3.05) is 18.5 Å². The molecule has 1 aromatic heterocycles. The van der Waals surface area contributed by atoms with Crippen LogP contribution in [-0.4, -0.2) is 30.4 Å². The average molecular weight is 351 g/mol. The van der Waals surface area contributed by atoms with Crippen LogP contribution in [0.2, 0.25) is 0 Å². The van der Waals surface area contributed by atoms with E-state index in [-0.39, 0.29) is 5.91 Å². The molecule has 0 aliphatic carbocycles. The standard InChI is InChI=1S/C20H25N5O/c1-15-5-3-6-17(24-15)14-23-20(21-2)22-13-16-8-10-18(11-9-16)25-12-4-7-19(25)26/h3,5-6,8-11H,4,7,12-14H2,1-2H3,(H2,21,22,23). The van der Waals surface area contributed by atoms with Gasteiger partial charge in [0, 0.05) is 37.9 Å². The summed E-state index contributed by atoms with van der Waals surface area (Å²) in [6.07, 6.45) is 1.60. The van der Waals surface area contributed by atoms with E-state index in [0.717, 1.165) is 41.6 Å². The van der Waals surface area contributed by atoms with E-state index in [1.165, 1.54) is 0 Å². The monoisotopic (exact) mass is 351 g/mol. The van der Waals surface area contributed by atoms with Crippen molar-refractivity contribution in [1.29, 1.82) is 0 Å². The number of carbonyl (C=O) groups excluding carboxylic acids is 1. The number of hydrogen-bond donors (Lipinski definition) is 2. The Bertz CT molecular complexity index is 785. The summed E-state index contributed by atoms with van der Waals surface area (Å²) in [5, 5.41) is 6.57.